The Hall–Kier alpha value is -1.42. The van der Waals surface area contributed by atoms with Gasteiger partial charge in [0.25, 0.3) is 0 Å². The van der Waals surface area contributed by atoms with Crippen molar-refractivity contribution in [1.82, 2.24) is 31.9 Å². The van der Waals surface area contributed by atoms with E-state index in [1.807, 2.05) is 0 Å². The van der Waals surface area contributed by atoms with E-state index in [0.717, 1.165) is 70.9 Å². The lowest BCUT2D eigenvalue weighted by Crippen LogP contribution is -2.31. The number of amides is 2. The second-order valence-electron chi connectivity index (χ2n) is 24.7. The van der Waals surface area contributed by atoms with Crippen LogP contribution in [0.25, 0.3) is 0 Å². The molecular weight excluding hydrogens is 1050 g/mol. The number of unbranched alkanes of at least 4 members (excludes halogenated alkanes) is 39. The summed E-state index contributed by atoms with van der Waals surface area (Å²) in [4.78, 5) is 23.4. The van der Waals surface area contributed by atoms with Crippen LogP contribution in [0.3, 0.4) is 0 Å². The summed E-state index contributed by atoms with van der Waals surface area (Å²) in [6.07, 6.45) is 63.6. The van der Waals surface area contributed by atoms with Crippen LogP contribution in [0.2, 0.25) is 0 Å². The summed E-state index contributed by atoms with van der Waals surface area (Å²) in [7, 11) is 0. The summed E-state index contributed by atoms with van der Waals surface area (Å²) in [6.45, 7) is 24.3. The summed E-state index contributed by atoms with van der Waals surface area (Å²) in [5.41, 5.74) is 0. The van der Waals surface area contributed by atoms with Gasteiger partial charge in [0.15, 0.2) is 0 Å². The lowest BCUT2D eigenvalue weighted by molar-refractivity contribution is -0.122. The molecule has 512 valence electrons. The molecule has 13 nitrogen and oxygen atoms in total. The van der Waals surface area contributed by atoms with E-state index in [2.05, 4.69) is 73.4 Å². The molecule has 14 N–H and O–H groups in total. The maximum absolute atomic E-state index is 11.7. The zero-order valence-electron chi connectivity index (χ0n) is 57.5. The van der Waals surface area contributed by atoms with Crippen molar-refractivity contribution in [2.45, 2.75) is 369 Å². The van der Waals surface area contributed by atoms with Crippen molar-refractivity contribution >= 4 is 11.8 Å². The fourth-order valence-corrected chi connectivity index (χ4v) is 10.3. The number of rotatable bonds is 66. The molecule has 2 amide bonds. The van der Waals surface area contributed by atoms with Crippen molar-refractivity contribution in [3.05, 3.63) is 0 Å². The number of carbonyl (C=O) groups excluding carboxylic acids is 2. The first-order valence-corrected chi connectivity index (χ1v) is 36.5. The molecule has 13 heteroatoms. The summed E-state index contributed by atoms with van der Waals surface area (Å²) >= 11 is 0. The quantitative estimate of drug-likeness (QED) is 0.0272. The Balaban J connectivity index is -0.000000270. The molecule has 84 heavy (non-hydrogen) atoms. The molecular formula is C71H156N6O7. The van der Waals surface area contributed by atoms with E-state index < -0.39 is 6.10 Å². The van der Waals surface area contributed by atoms with Crippen LogP contribution < -0.4 is 31.9 Å². The Morgan fingerprint density at radius 2 is 0.524 bits per heavy atom. The molecule has 0 aromatic carbocycles. The maximum atomic E-state index is 11.7. The number of aliphatic hydroxyl groups excluding tert-OH is 2. The van der Waals surface area contributed by atoms with Crippen LogP contribution >= 0.6 is 0 Å². The molecule has 0 heterocycles. The van der Waals surface area contributed by atoms with Crippen molar-refractivity contribution in [3.63, 3.8) is 0 Å². The minimum Gasteiger partial charge on any atom is -0.412 e. The number of nitrogens with one attached hydrogen (secondary N) is 6. The normalized spacial score (nSPS) is 11.2. The highest BCUT2D eigenvalue weighted by Gasteiger charge is 2.06. The van der Waals surface area contributed by atoms with E-state index in [9.17, 15) is 14.7 Å². The molecule has 0 unspecified atom stereocenters. The highest BCUT2D eigenvalue weighted by molar-refractivity contribution is 5.76. The van der Waals surface area contributed by atoms with Gasteiger partial charge in [0.05, 0.1) is 12.7 Å². The van der Waals surface area contributed by atoms with Gasteiger partial charge in [0.2, 0.25) is 11.8 Å². The predicted octanol–water partition coefficient (Wildman–Crippen LogP) is 15.7. The second kappa shape index (κ2) is 88.0. The van der Waals surface area contributed by atoms with E-state index in [4.69, 9.17) is 5.11 Å². The third-order valence-corrected chi connectivity index (χ3v) is 15.9. The lowest BCUT2D eigenvalue weighted by atomic mass is 10.0. The Bertz CT molecular complexity index is 1120. The van der Waals surface area contributed by atoms with Gasteiger partial charge in [-0.15, -0.1) is 0 Å². The number of carbonyl (C=O) groups is 2. The van der Waals surface area contributed by atoms with Crippen LogP contribution in [0.15, 0.2) is 0 Å². The SMILES string of the molecule is CCCCCCCCCCCCCCCC(=O)NCCCCCCC.CCCCCCCCCCCCCCCCCCCCCCNC(=O)CCC[C@H](O)CO.CCCCNCCCCNCC(C)CNCCCCNCCCC.O.O.O. The van der Waals surface area contributed by atoms with Gasteiger partial charge >= 0.3 is 0 Å². The van der Waals surface area contributed by atoms with Gasteiger partial charge in [-0.1, -0.05) is 279 Å². The minimum atomic E-state index is -0.688. The molecule has 0 aliphatic rings. The summed E-state index contributed by atoms with van der Waals surface area (Å²) in [5.74, 6) is 1.04. The number of hydrogen-bond donors (Lipinski definition) is 8. The van der Waals surface area contributed by atoms with Crippen LogP contribution in [0.4, 0.5) is 0 Å². The van der Waals surface area contributed by atoms with E-state index in [1.54, 1.807) is 0 Å². The molecule has 0 aromatic rings. The highest BCUT2D eigenvalue weighted by Crippen LogP contribution is 2.16. The Kier molecular flexibility index (Phi) is 98.2. The predicted molar refractivity (Wildman–Crippen MR) is 370 cm³/mol. The zero-order valence-corrected chi connectivity index (χ0v) is 57.5. The first-order valence-electron chi connectivity index (χ1n) is 36.5. The van der Waals surface area contributed by atoms with Gasteiger partial charge in [0, 0.05) is 25.9 Å². The molecule has 0 fully saturated rings. The summed E-state index contributed by atoms with van der Waals surface area (Å²) in [6, 6.07) is 0. The third-order valence-electron chi connectivity index (χ3n) is 15.9. The Morgan fingerprint density at radius 3 is 0.810 bits per heavy atom. The zero-order chi connectivity index (χ0) is 59.7. The largest absolute Gasteiger partial charge is 0.412 e. The molecule has 0 aliphatic carbocycles. The van der Waals surface area contributed by atoms with Gasteiger partial charge in [-0.25, -0.2) is 0 Å². The van der Waals surface area contributed by atoms with Crippen molar-refractivity contribution in [2.75, 3.05) is 72.1 Å². The minimum absolute atomic E-state index is 0. The van der Waals surface area contributed by atoms with Crippen LogP contribution in [0, 0.1) is 5.92 Å². The molecule has 0 aromatic heterocycles. The van der Waals surface area contributed by atoms with Gasteiger partial charge in [-0.05, 0) is 129 Å². The van der Waals surface area contributed by atoms with Crippen LogP contribution in [0.1, 0.15) is 363 Å². The molecule has 0 aliphatic heterocycles. The van der Waals surface area contributed by atoms with Gasteiger partial charge in [-0.2, -0.15) is 0 Å². The molecule has 1 atom stereocenters. The van der Waals surface area contributed by atoms with E-state index in [1.165, 1.54) is 302 Å². The van der Waals surface area contributed by atoms with Crippen LogP contribution in [0.5, 0.6) is 0 Å². The number of hydrogen-bond acceptors (Lipinski definition) is 8. The fraction of sp³-hybridized carbons (Fsp3) is 0.972. The molecule has 0 radical (unpaired) electrons. The van der Waals surface area contributed by atoms with Crippen LogP contribution in [-0.2, 0) is 9.59 Å². The second-order valence-corrected chi connectivity index (χ2v) is 24.7. The third kappa shape index (κ3) is 91.7. The van der Waals surface area contributed by atoms with Gasteiger partial charge in [0.1, 0.15) is 0 Å². The highest BCUT2D eigenvalue weighted by atomic mass is 16.3. The average Bonchev–Trinajstić information content (AvgIpc) is 3.47. The van der Waals surface area contributed by atoms with E-state index in [0.29, 0.717) is 19.3 Å². The van der Waals surface area contributed by atoms with E-state index in [-0.39, 0.29) is 34.8 Å². The van der Waals surface area contributed by atoms with Crippen molar-refractivity contribution < 1.29 is 36.2 Å². The van der Waals surface area contributed by atoms with E-state index >= 15 is 0 Å². The average molecular weight is 1210 g/mol. The molecule has 0 saturated heterocycles. The van der Waals surface area contributed by atoms with Crippen molar-refractivity contribution in [2.24, 2.45) is 5.92 Å². The number of aliphatic hydroxyl groups is 2. The standard InChI is InChI=1S/C28H57NO3.C23H47NO.C20H46N4.3H2O/c1-2-3-4-5-6-7-8-9-10-11-12-13-14-15-16-17-18-19-20-21-25-29-28(32)24-22-23-27(31)26-30;1-3-5-7-9-10-11-12-13-14-15-16-17-19-21-23(25)24-22-20-18-8-6-4-2;1-4-6-12-21-14-8-10-16-23-18-20(3)19-24-17-11-9-15-22-13-7-5-2;;;/h27,30-31H,2-26H2,1H3,(H,29,32);3-22H2,1-2H3,(H,24,25);20-24H,4-19H2,1-3H3;3*1H2/t27-;;;;;/m0...../s1. The topological polar surface area (TPSA) is 241 Å². The Morgan fingerprint density at radius 1 is 0.298 bits per heavy atom. The monoisotopic (exact) mass is 1210 g/mol. The Labute approximate surface area is 524 Å². The molecule has 0 bridgehead atoms. The molecule has 0 rings (SSSR count). The fourth-order valence-electron chi connectivity index (χ4n) is 10.3. The maximum Gasteiger partial charge on any atom is 0.219 e. The molecule has 0 spiro atoms. The van der Waals surface area contributed by atoms with Gasteiger partial charge < -0.3 is 58.5 Å². The first kappa shape index (κ1) is 93.7. The van der Waals surface area contributed by atoms with Crippen molar-refractivity contribution in [1.29, 1.82) is 0 Å². The van der Waals surface area contributed by atoms with Gasteiger partial charge in [-0.3, -0.25) is 9.59 Å². The van der Waals surface area contributed by atoms with Crippen LogP contribution in [-0.4, -0.2) is 117 Å². The smallest absolute Gasteiger partial charge is 0.219 e. The lowest BCUT2D eigenvalue weighted by Gasteiger charge is -2.14. The molecule has 0 saturated carbocycles. The van der Waals surface area contributed by atoms with Crippen molar-refractivity contribution in [3.8, 4) is 0 Å². The first-order chi connectivity index (χ1) is 39.8. The summed E-state index contributed by atoms with van der Waals surface area (Å²) in [5, 5.41) is 38.2. The summed E-state index contributed by atoms with van der Waals surface area (Å²) < 4.78 is 0.